The van der Waals surface area contributed by atoms with Gasteiger partial charge in [0.1, 0.15) is 0 Å². The highest BCUT2D eigenvalue weighted by atomic mass is 16.3. The zero-order chi connectivity index (χ0) is 12.8. The van der Waals surface area contributed by atoms with Gasteiger partial charge in [0.2, 0.25) is 0 Å². The quantitative estimate of drug-likeness (QED) is 0.845. The molecule has 0 aromatic heterocycles. The molecule has 0 spiro atoms. The van der Waals surface area contributed by atoms with Gasteiger partial charge in [-0.1, -0.05) is 60.7 Å². The fourth-order valence-electron chi connectivity index (χ4n) is 2.29. The number of hydrogen-bond acceptors (Lipinski definition) is 2. The first-order valence-electron chi connectivity index (χ1n) is 6.31. The maximum atomic E-state index is 10.3. The van der Waals surface area contributed by atoms with Crippen molar-refractivity contribution >= 4 is 0 Å². The second-order valence-corrected chi connectivity index (χ2v) is 4.44. The van der Waals surface area contributed by atoms with E-state index in [1.54, 1.807) is 0 Å². The number of aliphatic hydroxyl groups is 1. The molecule has 2 aromatic rings. The van der Waals surface area contributed by atoms with Crippen LogP contribution in [0.3, 0.4) is 0 Å². The van der Waals surface area contributed by atoms with Gasteiger partial charge >= 0.3 is 0 Å². The second kappa shape index (κ2) is 6.34. The lowest BCUT2D eigenvalue weighted by Crippen LogP contribution is -2.23. The van der Waals surface area contributed by atoms with Gasteiger partial charge in [-0.25, -0.2) is 0 Å². The van der Waals surface area contributed by atoms with E-state index in [0.29, 0.717) is 13.0 Å². The highest BCUT2D eigenvalue weighted by molar-refractivity contribution is 5.33. The van der Waals surface area contributed by atoms with Crippen LogP contribution in [-0.4, -0.2) is 17.8 Å². The molecule has 0 bridgehead atoms. The van der Waals surface area contributed by atoms with Gasteiger partial charge in [0.25, 0.3) is 0 Å². The van der Waals surface area contributed by atoms with Crippen molar-refractivity contribution in [2.75, 3.05) is 6.54 Å². The predicted octanol–water partition coefficient (Wildman–Crippen LogP) is 2.53. The van der Waals surface area contributed by atoms with Crippen molar-refractivity contribution in [3.05, 3.63) is 71.8 Å². The van der Waals surface area contributed by atoms with Crippen molar-refractivity contribution in [1.29, 1.82) is 0 Å². The molecule has 0 heterocycles. The average Bonchev–Trinajstić information content (AvgIpc) is 2.42. The van der Waals surface area contributed by atoms with E-state index in [1.807, 2.05) is 36.4 Å². The first-order chi connectivity index (χ1) is 8.83. The molecule has 2 heteroatoms. The van der Waals surface area contributed by atoms with Crippen molar-refractivity contribution < 1.29 is 5.11 Å². The van der Waals surface area contributed by atoms with Crippen molar-refractivity contribution in [1.82, 2.24) is 0 Å². The smallest absolute Gasteiger partial charge is 0.0661 e. The molecule has 1 atom stereocenters. The van der Waals surface area contributed by atoms with E-state index in [0.717, 1.165) is 11.1 Å². The number of benzene rings is 2. The normalized spacial score (nSPS) is 12.6. The van der Waals surface area contributed by atoms with E-state index in [1.165, 1.54) is 0 Å². The van der Waals surface area contributed by atoms with E-state index >= 15 is 0 Å². The molecule has 94 valence electrons. The molecule has 18 heavy (non-hydrogen) atoms. The van der Waals surface area contributed by atoms with Crippen LogP contribution < -0.4 is 5.73 Å². The zero-order valence-electron chi connectivity index (χ0n) is 10.4. The Bertz CT molecular complexity index is 416. The van der Waals surface area contributed by atoms with E-state index in [-0.39, 0.29) is 5.92 Å². The van der Waals surface area contributed by atoms with Gasteiger partial charge in [-0.2, -0.15) is 0 Å². The molecule has 1 unspecified atom stereocenters. The summed E-state index contributed by atoms with van der Waals surface area (Å²) in [6.07, 6.45) is 0.161. The van der Waals surface area contributed by atoms with Gasteiger partial charge in [0.05, 0.1) is 6.10 Å². The summed E-state index contributed by atoms with van der Waals surface area (Å²) >= 11 is 0. The first-order valence-corrected chi connectivity index (χ1v) is 6.31. The van der Waals surface area contributed by atoms with Crippen LogP contribution in [0.15, 0.2) is 60.7 Å². The van der Waals surface area contributed by atoms with Crippen LogP contribution in [-0.2, 0) is 0 Å². The zero-order valence-corrected chi connectivity index (χ0v) is 10.4. The largest absolute Gasteiger partial charge is 0.392 e. The van der Waals surface area contributed by atoms with E-state index in [2.05, 4.69) is 24.3 Å². The highest BCUT2D eigenvalue weighted by Gasteiger charge is 2.21. The van der Waals surface area contributed by atoms with Crippen LogP contribution in [0.4, 0.5) is 0 Å². The number of hydrogen-bond donors (Lipinski definition) is 2. The molecule has 2 aromatic carbocycles. The lowest BCUT2D eigenvalue weighted by Gasteiger charge is -2.23. The van der Waals surface area contributed by atoms with E-state index in [9.17, 15) is 5.11 Å². The van der Waals surface area contributed by atoms with Crippen LogP contribution in [0.5, 0.6) is 0 Å². The van der Waals surface area contributed by atoms with Gasteiger partial charge in [-0.15, -0.1) is 0 Å². The maximum absolute atomic E-state index is 10.3. The number of nitrogens with two attached hydrogens (primary N) is 1. The lowest BCUT2D eigenvalue weighted by atomic mass is 9.85. The summed E-state index contributed by atoms with van der Waals surface area (Å²) in [4.78, 5) is 0. The minimum Gasteiger partial charge on any atom is -0.392 e. The van der Waals surface area contributed by atoms with Gasteiger partial charge in [0.15, 0.2) is 0 Å². The summed E-state index contributed by atoms with van der Waals surface area (Å²) in [6.45, 7) is 0.497. The molecule has 0 saturated carbocycles. The Balaban J connectivity index is 2.35. The first kappa shape index (κ1) is 12.8. The number of rotatable bonds is 5. The van der Waals surface area contributed by atoms with Crippen molar-refractivity contribution in [3.8, 4) is 0 Å². The molecule has 0 aliphatic carbocycles. The van der Waals surface area contributed by atoms with Gasteiger partial charge in [-0.3, -0.25) is 0 Å². The SMILES string of the molecule is NCCC(O)C(c1ccccc1)c1ccccc1. The summed E-state index contributed by atoms with van der Waals surface area (Å²) in [5.41, 5.74) is 7.82. The third-order valence-corrected chi connectivity index (χ3v) is 3.16. The van der Waals surface area contributed by atoms with Crippen molar-refractivity contribution in [2.24, 2.45) is 5.73 Å². The Kier molecular flexibility index (Phi) is 4.51. The molecule has 0 aliphatic rings. The van der Waals surface area contributed by atoms with Crippen LogP contribution in [0.1, 0.15) is 23.5 Å². The Morgan fingerprint density at radius 1 is 0.833 bits per heavy atom. The van der Waals surface area contributed by atoms with Crippen LogP contribution in [0, 0.1) is 0 Å². The summed E-state index contributed by atoms with van der Waals surface area (Å²) in [6, 6.07) is 20.2. The summed E-state index contributed by atoms with van der Waals surface area (Å²) in [7, 11) is 0. The fraction of sp³-hybridized carbons (Fsp3) is 0.250. The minimum absolute atomic E-state index is 0.00375. The van der Waals surface area contributed by atoms with Crippen molar-refractivity contribution in [2.45, 2.75) is 18.4 Å². The number of aliphatic hydroxyl groups excluding tert-OH is 1. The third-order valence-electron chi connectivity index (χ3n) is 3.16. The molecule has 0 amide bonds. The van der Waals surface area contributed by atoms with Crippen LogP contribution in [0.2, 0.25) is 0 Å². The van der Waals surface area contributed by atoms with E-state index < -0.39 is 6.10 Å². The summed E-state index contributed by atoms with van der Waals surface area (Å²) < 4.78 is 0. The summed E-state index contributed by atoms with van der Waals surface area (Å²) in [5.74, 6) is -0.00375. The Morgan fingerprint density at radius 2 is 1.28 bits per heavy atom. The molecule has 2 rings (SSSR count). The molecule has 0 aliphatic heterocycles. The Labute approximate surface area is 108 Å². The Morgan fingerprint density at radius 3 is 1.67 bits per heavy atom. The fourth-order valence-corrected chi connectivity index (χ4v) is 2.29. The molecular formula is C16H19NO. The van der Waals surface area contributed by atoms with Gasteiger partial charge in [0, 0.05) is 5.92 Å². The minimum atomic E-state index is -0.445. The standard InChI is InChI=1S/C16H19NO/c17-12-11-15(18)16(13-7-3-1-4-8-13)14-9-5-2-6-10-14/h1-10,15-16,18H,11-12,17H2. The highest BCUT2D eigenvalue weighted by Crippen LogP contribution is 2.29. The van der Waals surface area contributed by atoms with Crippen LogP contribution in [0.25, 0.3) is 0 Å². The molecule has 0 radical (unpaired) electrons. The third kappa shape index (κ3) is 2.97. The second-order valence-electron chi connectivity index (χ2n) is 4.44. The molecule has 3 N–H and O–H groups in total. The maximum Gasteiger partial charge on any atom is 0.0661 e. The Hall–Kier alpha value is -1.64. The monoisotopic (exact) mass is 241 g/mol. The molecular weight excluding hydrogens is 222 g/mol. The topological polar surface area (TPSA) is 46.2 Å². The van der Waals surface area contributed by atoms with Crippen LogP contribution >= 0.6 is 0 Å². The molecule has 0 saturated heterocycles. The van der Waals surface area contributed by atoms with Gasteiger partial charge < -0.3 is 10.8 Å². The predicted molar refractivity (Wildman–Crippen MR) is 74.4 cm³/mol. The lowest BCUT2D eigenvalue weighted by molar-refractivity contribution is 0.149. The summed E-state index contributed by atoms with van der Waals surface area (Å²) in [5, 5.41) is 10.3. The van der Waals surface area contributed by atoms with Crippen molar-refractivity contribution in [3.63, 3.8) is 0 Å². The average molecular weight is 241 g/mol. The van der Waals surface area contributed by atoms with Gasteiger partial charge in [-0.05, 0) is 24.1 Å². The van der Waals surface area contributed by atoms with E-state index in [4.69, 9.17) is 5.73 Å². The molecule has 0 fully saturated rings. The molecule has 2 nitrogen and oxygen atoms in total.